The number of rotatable bonds is 9. The minimum Gasteiger partial charge on any atom is -0.481 e. The molecule has 3 aliphatic rings. The molecule has 0 amide bonds. The summed E-state index contributed by atoms with van der Waals surface area (Å²) in [4.78, 5) is 32.6. The van der Waals surface area contributed by atoms with E-state index in [0.29, 0.717) is 34.2 Å². The molecule has 4 aromatic heterocycles. The molecule has 0 radical (unpaired) electrons. The number of carboxylic acids is 1. The highest BCUT2D eigenvalue weighted by Gasteiger charge is 2.47. The van der Waals surface area contributed by atoms with Gasteiger partial charge < -0.3 is 19.6 Å². The fourth-order valence-electron chi connectivity index (χ4n) is 8.78. The summed E-state index contributed by atoms with van der Waals surface area (Å²) < 4.78 is 4.10. The zero-order valence-electron chi connectivity index (χ0n) is 28.3. The molecule has 3 aliphatic carbocycles. The fraction of sp³-hybridized carbons (Fsp3) is 0.214. The van der Waals surface area contributed by atoms with Crippen molar-refractivity contribution in [2.24, 2.45) is 17.8 Å². The molecule has 10 heteroatoms. The van der Waals surface area contributed by atoms with E-state index in [9.17, 15) is 9.90 Å². The third-order valence-electron chi connectivity index (χ3n) is 11.0. The number of carboxylic acid groups (broad SMARTS) is 1. The molecule has 2 unspecified atom stereocenters. The van der Waals surface area contributed by atoms with Gasteiger partial charge in [-0.15, -0.1) is 0 Å². The molecule has 258 valence electrons. The summed E-state index contributed by atoms with van der Waals surface area (Å²) in [6, 6.07) is 36.7. The maximum Gasteiger partial charge on any atom is 0.308 e. The van der Waals surface area contributed by atoms with Crippen LogP contribution in [0.4, 0.5) is 5.82 Å². The van der Waals surface area contributed by atoms with Crippen LogP contribution in [0, 0.1) is 17.8 Å². The van der Waals surface area contributed by atoms with Gasteiger partial charge in [0.1, 0.15) is 27.8 Å². The maximum atomic E-state index is 12.6. The molecule has 3 fully saturated rings. The minimum atomic E-state index is -0.877. The van der Waals surface area contributed by atoms with Crippen molar-refractivity contribution in [3.05, 3.63) is 156 Å². The second-order valence-corrected chi connectivity index (χ2v) is 14.2. The number of hydrogen-bond donors (Lipinski definition) is 2. The lowest BCUT2D eigenvalue weighted by Gasteiger charge is -2.47. The van der Waals surface area contributed by atoms with Gasteiger partial charge in [0, 0.05) is 30.7 Å². The zero-order valence-corrected chi connectivity index (χ0v) is 29.0. The van der Waals surface area contributed by atoms with Crippen LogP contribution in [0.3, 0.4) is 0 Å². The van der Waals surface area contributed by atoms with E-state index < -0.39 is 17.4 Å². The first kappa shape index (κ1) is 32.1. The van der Waals surface area contributed by atoms with E-state index in [1.807, 2.05) is 59.6 Å². The Hall–Kier alpha value is -5.80. The SMILES string of the molecule is O=C(O)C1C2CCC(CC2)C1Nc1cc(-n2cccc2)nc(-c2cn(C(c3ccccc3)(c3ccccc3)c3ccccc3)c3ncc(Cl)nc23)n1. The summed E-state index contributed by atoms with van der Waals surface area (Å²) in [6.07, 6.45) is 11.4. The van der Waals surface area contributed by atoms with Crippen LogP contribution in [-0.2, 0) is 10.3 Å². The smallest absolute Gasteiger partial charge is 0.308 e. The molecule has 2 bridgehead atoms. The molecule has 2 N–H and O–H groups in total. The van der Waals surface area contributed by atoms with E-state index in [4.69, 9.17) is 31.5 Å². The van der Waals surface area contributed by atoms with E-state index in [1.165, 1.54) is 0 Å². The summed E-state index contributed by atoms with van der Waals surface area (Å²) in [5.74, 6) is 0.812. The number of nitrogens with one attached hydrogen (secondary N) is 1. The van der Waals surface area contributed by atoms with Gasteiger partial charge in [-0.1, -0.05) is 103 Å². The molecule has 3 saturated carbocycles. The molecule has 10 rings (SSSR count). The predicted molar refractivity (Wildman–Crippen MR) is 201 cm³/mol. The Morgan fingerprint density at radius 2 is 1.35 bits per heavy atom. The third-order valence-corrected chi connectivity index (χ3v) is 11.2. The Labute approximate surface area is 306 Å². The third kappa shape index (κ3) is 5.35. The van der Waals surface area contributed by atoms with Gasteiger partial charge in [-0.25, -0.2) is 19.9 Å². The van der Waals surface area contributed by atoms with Crippen LogP contribution >= 0.6 is 11.6 Å². The molecule has 0 aliphatic heterocycles. The highest BCUT2D eigenvalue weighted by molar-refractivity contribution is 6.29. The number of aromatic nitrogens is 6. The van der Waals surface area contributed by atoms with Crippen LogP contribution < -0.4 is 5.32 Å². The van der Waals surface area contributed by atoms with E-state index in [1.54, 1.807) is 6.20 Å². The normalized spacial score (nSPS) is 19.9. The van der Waals surface area contributed by atoms with Gasteiger partial charge in [0.05, 0.1) is 17.7 Å². The predicted octanol–water partition coefficient (Wildman–Crippen LogP) is 8.47. The van der Waals surface area contributed by atoms with Crippen LogP contribution in [-0.4, -0.2) is 46.2 Å². The average Bonchev–Trinajstić information content (AvgIpc) is 3.86. The molecule has 3 aromatic carbocycles. The number of anilines is 1. The summed E-state index contributed by atoms with van der Waals surface area (Å²) in [6.45, 7) is 0. The van der Waals surface area contributed by atoms with Gasteiger partial charge >= 0.3 is 5.97 Å². The first-order valence-corrected chi connectivity index (χ1v) is 18.1. The van der Waals surface area contributed by atoms with Gasteiger partial charge in [0.2, 0.25) is 0 Å². The quantitative estimate of drug-likeness (QED) is 0.145. The van der Waals surface area contributed by atoms with Gasteiger partial charge in [-0.05, 0) is 66.3 Å². The summed E-state index contributed by atoms with van der Waals surface area (Å²) in [5.41, 5.74) is 4.02. The van der Waals surface area contributed by atoms with Crippen molar-refractivity contribution in [1.82, 2.24) is 29.1 Å². The van der Waals surface area contributed by atoms with Gasteiger partial charge in [0.25, 0.3) is 0 Å². The van der Waals surface area contributed by atoms with E-state index in [0.717, 1.165) is 42.4 Å². The van der Waals surface area contributed by atoms with Crippen molar-refractivity contribution in [2.45, 2.75) is 37.3 Å². The summed E-state index contributed by atoms with van der Waals surface area (Å²) >= 11 is 6.61. The molecule has 0 spiro atoms. The Bertz CT molecular complexity index is 2260. The van der Waals surface area contributed by atoms with Crippen molar-refractivity contribution in [3.63, 3.8) is 0 Å². The first-order valence-electron chi connectivity index (χ1n) is 17.7. The Morgan fingerprint density at radius 3 is 1.92 bits per heavy atom. The molecular formula is C42H36ClN7O2. The van der Waals surface area contributed by atoms with Crippen molar-refractivity contribution in [1.29, 1.82) is 0 Å². The van der Waals surface area contributed by atoms with Crippen molar-refractivity contribution >= 4 is 34.6 Å². The molecule has 4 heterocycles. The van der Waals surface area contributed by atoms with Gasteiger partial charge in [0.15, 0.2) is 11.5 Å². The Balaban J connectivity index is 1.30. The molecule has 9 nitrogen and oxygen atoms in total. The highest BCUT2D eigenvalue weighted by atomic mass is 35.5. The Kier molecular flexibility index (Phi) is 8.08. The average molecular weight is 706 g/mol. The van der Waals surface area contributed by atoms with E-state index in [-0.39, 0.29) is 23.0 Å². The maximum absolute atomic E-state index is 12.6. The number of carbonyl (C=O) groups is 1. The van der Waals surface area contributed by atoms with Gasteiger partial charge in [-0.2, -0.15) is 0 Å². The lowest BCUT2D eigenvalue weighted by molar-refractivity contribution is -0.148. The molecular weight excluding hydrogens is 670 g/mol. The first-order chi connectivity index (χ1) is 25.5. The molecule has 0 saturated heterocycles. The van der Waals surface area contributed by atoms with Crippen molar-refractivity contribution in [3.8, 4) is 17.2 Å². The number of aliphatic carboxylic acids is 1. The zero-order chi connectivity index (χ0) is 35.2. The number of halogens is 1. The van der Waals surface area contributed by atoms with Crippen molar-refractivity contribution in [2.75, 3.05) is 5.32 Å². The lowest BCUT2D eigenvalue weighted by atomic mass is 9.61. The lowest BCUT2D eigenvalue weighted by Crippen LogP contribution is -2.51. The van der Waals surface area contributed by atoms with Crippen LogP contribution in [0.5, 0.6) is 0 Å². The largest absolute Gasteiger partial charge is 0.481 e. The molecule has 7 aromatic rings. The number of nitrogens with zero attached hydrogens (tertiary/aromatic N) is 6. The summed E-state index contributed by atoms with van der Waals surface area (Å²) in [7, 11) is 0. The fourth-order valence-corrected chi connectivity index (χ4v) is 8.91. The van der Waals surface area contributed by atoms with Crippen LogP contribution in [0.1, 0.15) is 42.4 Å². The van der Waals surface area contributed by atoms with E-state index in [2.05, 4.69) is 82.7 Å². The van der Waals surface area contributed by atoms with Crippen molar-refractivity contribution < 1.29 is 9.90 Å². The van der Waals surface area contributed by atoms with Crippen LogP contribution in [0.15, 0.2) is 134 Å². The van der Waals surface area contributed by atoms with Gasteiger partial charge in [-0.3, -0.25) is 4.79 Å². The topological polar surface area (TPSA) is 111 Å². The Morgan fingerprint density at radius 1 is 0.769 bits per heavy atom. The number of fused-ring (bicyclic) bond motifs is 4. The monoisotopic (exact) mass is 705 g/mol. The highest BCUT2D eigenvalue weighted by Crippen LogP contribution is 2.47. The van der Waals surface area contributed by atoms with E-state index >= 15 is 0 Å². The summed E-state index contributed by atoms with van der Waals surface area (Å²) in [5, 5.41) is 14.2. The van der Waals surface area contributed by atoms with Crippen LogP contribution in [0.25, 0.3) is 28.4 Å². The second-order valence-electron chi connectivity index (χ2n) is 13.8. The number of benzene rings is 3. The molecule has 52 heavy (non-hydrogen) atoms. The van der Waals surface area contributed by atoms with Crippen LogP contribution in [0.2, 0.25) is 5.15 Å². The number of hydrogen-bond acceptors (Lipinski definition) is 6. The minimum absolute atomic E-state index is 0.155. The second kappa shape index (κ2) is 13.1. The standard InChI is InChI=1S/C42H36ClN7O2/c43-33-25-44-40-38(45-33)32(26-50(40)42(29-12-4-1-5-13-29,30-14-6-2-7-15-30)31-16-8-3-9-17-31)39-47-34(24-35(48-39)49-22-10-11-23-49)46-37-28-20-18-27(19-21-28)36(37)41(51)52/h1-17,22-28,36-37H,18-21H2,(H,51,52)(H,46,47,48). The molecule has 2 atom stereocenters.